The Balaban J connectivity index is 2.07. The van der Waals surface area contributed by atoms with Crippen LogP contribution in [0.5, 0.6) is 0 Å². The molecule has 2 aromatic carbocycles. The Kier molecular flexibility index (Phi) is 7.12. The van der Waals surface area contributed by atoms with Gasteiger partial charge in [-0.3, -0.25) is 14.8 Å². The van der Waals surface area contributed by atoms with Gasteiger partial charge in [-0.15, -0.1) is 0 Å². The zero-order valence-corrected chi connectivity index (χ0v) is 15.2. The van der Waals surface area contributed by atoms with E-state index in [1.165, 1.54) is 18.0 Å². The molecule has 0 aliphatic rings. The molecule has 27 heavy (non-hydrogen) atoms. The maximum atomic E-state index is 12.2. The van der Waals surface area contributed by atoms with Crippen LogP contribution in [0.1, 0.15) is 40.9 Å². The Morgan fingerprint density at radius 3 is 1.96 bits per heavy atom. The number of aliphatic hydroxyl groups is 1. The zero-order valence-electron chi connectivity index (χ0n) is 15.2. The molecule has 0 aliphatic heterocycles. The van der Waals surface area contributed by atoms with E-state index in [1.807, 2.05) is 24.3 Å². The summed E-state index contributed by atoms with van der Waals surface area (Å²) in [4.78, 5) is 23.7. The van der Waals surface area contributed by atoms with Crippen molar-refractivity contribution in [2.75, 3.05) is 0 Å². The highest BCUT2D eigenvalue weighted by Crippen LogP contribution is 2.07. The number of hydrogen-bond acceptors (Lipinski definition) is 4. The number of aliphatic hydroxyl groups excluding tert-OH is 1. The Bertz CT molecular complexity index is 846. The molecule has 2 atom stereocenters. The molecule has 0 fully saturated rings. The molecule has 4 N–H and O–H groups in total. The minimum atomic E-state index is -1.26. The largest absolute Gasteiger partial charge is 0.391 e. The molecule has 0 heterocycles. The third-order valence-corrected chi connectivity index (χ3v) is 4.02. The van der Waals surface area contributed by atoms with Crippen molar-refractivity contribution >= 4 is 11.8 Å². The lowest BCUT2D eigenvalue weighted by atomic mass is 10.1. The molecule has 0 radical (unpaired) electrons. The van der Waals surface area contributed by atoms with E-state index in [0.717, 1.165) is 17.5 Å². The first-order chi connectivity index (χ1) is 12.9. The minimum absolute atomic E-state index is 0.309. The molecule has 0 saturated carbocycles. The van der Waals surface area contributed by atoms with Crippen molar-refractivity contribution in [1.29, 1.82) is 0 Å². The van der Waals surface area contributed by atoms with Crippen LogP contribution < -0.4 is 10.8 Å². The number of nitrogens with one attached hydrogen (secondary N) is 2. The summed E-state index contributed by atoms with van der Waals surface area (Å²) >= 11 is 0. The fourth-order valence-electron chi connectivity index (χ4n) is 2.37. The van der Waals surface area contributed by atoms with E-state index >= 15 is 0 Å². The summed E-state index contributed by atoms with van der Waals surface area (Å²) in [5.41, 5.74) is 4.63. The summed E-state index contributed by atoms with van der Waals surface area (Å²) in [6.07, 6.45) is -0.182. The van der Waals surface area contributed by atoms with Crippen molar-refractivity contribution in [3.05, 3.63) is 70.8 Å². The maximum Gasteiger partial charge on any atom is 0.268 e. The number of hydrogen-bond donors (Lipinski definition) is 4. The summed E-state index contributed by atoms with van der Waals surface area (Å²) < 4.78 is 0. The molecule has 0 spiro atoms. The number of amides is 2. The molecule has 0 aromatic heterocycles. The van der Waals surface area contributed by atoms with E-state index in [2.05, 4.69) is 24.1 Å². The van der Waals surface area contributed by atoms with Gasteiger partial charge in [-0.2, -0.15) is 0 Å². The van der Waals surface area contributed by atoms with E-state index in [-0.39, 0.29) is 0 Å². The summed E-state index contributed by atoms with van der Waals surface area (Å²) in [5.74, 6) is 4.66. The van der Waals surface area contributed by atoms with E-state index in [1.54, 1.807) is 24.3 Å². The zero-order chi connectivity index (χ0) is 19.8. The highest BCUT2D eigenvalue weighted by atomic mass is 16.5. The fraction of sp³-hybridized carbons (Fsp3) is 0.238. The molecule has 2 rings (SSSR count). The Hall–Kier alpha value is -3.14. The Labute approximate surface area is 158 Å². The summed E-state index contributed by atoms with van der Waals surface area (Å²) in [6.45, 7) is 3.43. The predicted molar refractivity (Wildman–Crippen MR) is 101 cm³/mol. The number of aryl methyl sites for hydroxylation is 1. The van der Waals surface area contributed by atoms with Crippen LogP contribution >= 0.6 is 0 Å². The van der Waals surface area contributed by atoms with Crippen LogP contribution in [-0.2, 0) is 11.2 Å². The average Bonchev–Trinajstić information content (AvgIpc) is 2.70. The van der Waals surface area contributed by atoms with Crippen LogP contribution in [0.3, 0.4) is 0 Å². The summed E-state index contributed by atoms with van der Waals surface area (Å²) in [6, 6.07) is 13.3. The lowest BCUT2D eigenvalue weighted by Gasteiger charge is -2.19. The van der Waals surface area contributed by atoms with Gasteiger partial charge in [-0.1, -0.05) is 30.9 Å². The second-order valence-corrected chi connectivity index (χ2v) is 6.05. The monoisotopic (exact) mass is 366 g/mol. The molecule has 0 saturated heterocycles. The van der Waals surface area contributed by atoms with Crippen molar-refractivity contribution < 1.29 is 19.9 Å². The molecular weight excluding hydrogens is 344 g/mol. The Morgan fingerprint density at radius 1 is 1.00 bits per heavy atom. The normalized spacial score (nSPS) is 12.3. The van der Waals surface area contributed by atoms with Crippen molar-refractivity contribution in [3.63, 3.8) is 0 Å². The number of carbonyl (C=O) groups excluding carboxylic acids is 2. The maximum absolute atomic E-state index is 12.2. The van der Waals surface area contributed by atoms with E-state index in [0.29, 0.717) is 5.56 Å². The van der Waals surface area contributed by atoms with Gasteiger partial charge in [0.15, 0.2) is 0 Å². The molecular formula is C21H22N2O4. The van der Waals surface area contributed by atoms with Crippen LogP contribution in [0.2, 0.25) is 0 Å². The molecule has 140 valence electrons. The van der Waals surface area contributed by atoms with Gasteiger partial charge in [-0.05, 0) is 55.3 Å². The van der Waals surface area contributed by atoms with Crippen LogP contribution in [0, 0.1) is 11.8 Å². The Morgan fingerprint density at radius 2 is 1.52 bits per heavy atom. The van der Waals surface area contributed by atoms with Gasteiger partial charge in [0.2, 0.25) is 0 Å². The van der Waals surface area contributed by atoms with Crippen LogP contribution in [0.15, 0.2) is 48.5 Å². The molecule has 2 unspecified atom stereocenters. The smallest absolute Gasteiger partial charge is 0.268 e. The van der Waals surface area contributed by atoms with Crippen molar-refractivity contribution in [2.45, 2.75) is 32.4 Å². The van der Waals surface area contributed by atoms with Crippen molar-refractivity contribution in [1.82, 2.24) is 10.8 Å². The quantitative estimate of drug-likeness (QED) is 0.367. The van der Waals surface area contributed by atoms with Gasteiger partial charge in [0.1, 0.15) is 6.04 Å². The lowest BCUT2D eigenvalue weighted by molar-refractivity contribution is -0.133. The van der Waals surface area contributed by atoms with Gasteiger partial charge >= 0.3 is 0 Å². The van der Waals surface area contributed by atoms with Crippen molar-refractivity contribution in [3.8, 4) is 11.8 Å². The second-order valence-electron chi connectivity index (χ2n) is 6.05. The highest BCUT2D eigenvalue weighted by Gasteiger charge is 2.25. The van der Waals surface area contributed by atoms with E-state index < -0.39 is 24.0 Å². The first-order valence-corrected chi connectivity index (χ1v) is 8.58. The third-order valence-electron chi connectivity index (χ3n) is 4.02. The van der Waals surface area contributed by atoms with Crippen molar-refractivity contribution in [2.24, 2.45) is 0 Å². The topological polar surface area (TPSA) is 98.7 Å². The van der Waals surface area contributed by atoms with Crippen LogP contribution in [-0.4, -0.2) is 34.3 Å². The molecule has 0 aliphatic carbocycles. The first-order valence-electron chi connectivity index (χ1n) is 8.58. The van der Waals surface area contributed by atoms with Gasteiger partial charge in [0, 0.05) is 16.7 Å². The molecule has 0 bridgehead atoms. The summed E-state index contributed by atoms with van der Waals surface area (Å²) in [7, 11) is 0. The van der Waals surface area contributed by atoms with Gasteiger partial charge in [-0.25, -0.2) is 5.48 Å². The average molecular weight is 366 g/mol. The first kappa shape index (κ1) is 20.2. The van der Waals surface area contributed by atoms with Crippen LogP contribution in [0.4, 0.5) is 0 Å². The standard InChI is InChI=1S/C21H22N2O4/c1-3-15-4-6-16(7-5-15)8-9-17-10-12-18(13-11-17)20(25)22-19(14(2)24)21(26)23-27/h4-7,10-14,19,24,27H,3H2,1-2H3,(H,22,25)(H,23,26). The lowest BCUT2D eigenvalue weighted by Crippen LogP contribution is -2.51. The number of benzene rings is 2. The number of carbonyl (C=O) groups is 2. The van der Waals surface area contributed by atoms with E-state index in [9.17, 15) is 14.7 Å². The molecule has 6 nitrogen and oxygen atoms in total. The minimum Gasteiger partial charge on any atom is -0.391 e. The number of rotatable bonds is 5. The van der Waals surface area contributed by atoms with Gasteiger partial charge in [0.05, 0.1) is 6.10 Å². The predicted octanol–water partition coefficient (Wildman–Crippen LogP) is 1.63. The number of hydroxylamine groups is 1. The van der Waals surface area contributed by atoms with Gasteiger partial charge < -0.3 is 10.4 Å². The second kappa shape index (κ2) is 9.53. The van der Waals surface area contributed by atoms with Crippen LogP contribution in [0.25, 0.3) is 0 Å². The molecule has 6 heteroatoms. The third kappa shape index (κ3) is 5.68. The van der Waals surface area contributed by atoms with E-state index in [4.69, 9.17) is 5.21 Å². The fourth-order valence-corrected chi connectivity index (χ4v) is 2.37. The molecule has 2 amide bonds. The van der Waals surface area contributed by atoms with Gasteiger partial charge in [0.25, 0.3) is 11.8 Å². The highest BCUT2D eigenvalue weighted by molar-refractivity contribution is 5.97. The molecule has 2 aromatic rings. The summed E-state index contributed by atoms with van der Waals surface area (Å²) in [5, 5.41) is 20.6. The SMILES string of the molecule is CCc1ccc(C#Cc2ccc(C(=O)NC(C(=O)NO)C(C)O)cc2)cc1.